The Kier molecular flexibility index (Phi) is 5.52. The normalized spacial score (nSPS) is 10.4. The lowest BCUT2D eigenvalue weighted by atomic mass is 10.2. The van der Waals surface area contributed by atoms with Gasteiger partial charge in [-0.1, -0.05) is 36.4 Å². The van der Waals surface area contributed by atoms with E-state index in [2.05, 4.69) is 25.8 Å². The van der Waals surface area contributed by atoms with Gasteiger partial charge in [0.2, 0.25) is 5.88 Å². The topological polar surface area (TPSA) is 124 Å². The number of hydrogen-bond donors (Lipinski definition) is 3. The molecular formula is C21H18N6O3. The molecule has 0 saturated heterocycles. The summed E-state index contributed by atoms with van der Waals surface area (Å²) in [4.78, 5) is 24.5. The Hall–Kier alpha value is -4.40. The average Bonchev–Trinajstić information content (AvgIpc) is 2.79. The lowest BCUT2D eigenvalue weighted by molar-refractivity contribution is -0.122. The van der Waals surface area contributed by atoms with Gasteiger partial charge in [-0.2, -0.15) is 4.98 Å². The van der Waals surface area contributed by atoms with Gasteiger partial charge in [0, 0.05) is 11.6 Å². The molecule has 0 unspecified atom stereocenters. The van der Waals surface area contributed by atoms with Crippen molar-refractivity contribution >= 4 is 28.3 Å². The highest BCUT2D eigenvalue weighted by Crippen LogP contribution is 2.32. The molecule has 2 aromatic heterocycles. The van der Waals surface area contributed by atoms with E-state index in [1.165, 1.54) is 6.33 Å². The summed E-state index contributed by atoms with van der Waals surface area (Å²) in [6.07, 6.45) is 2.96. The fourth-order valence-electron chi connectivity index (χ4n) is 2.65. The van der Waals surface area contributed by atoms with E-state index in [0.29, 0.717) is 17.0 Å². The molecule has 0 aliphatic heterocycles. The number of rotatable bonds is 7. The Bertz CT molecular complexity index is 1160. The number of anilines is 2. The third kappa shape index (κ3) is 4.36. The number of hydrogen-bond acceptors (Lipinski definition) is 8. The average molecular weight is 402 g/mol. The van der Waals surface area contributed by atoms with Crippen molar-refractivity contribution in [2.75, 3.05) is 17.8 Å². The highest BCUT2D eigenvalue weighted by atomic mass is 16.5. The second-order valence-corrected chi connectivity index (χ2v) is 6.15. The fraction of sp³-hybridized carbons (Fsp3) is 0.0476. The molecule has 9 heteroatoms. The monoisotopic (exact) mass is 402 g/mol. The van der Waals surface area contributed by atoms with E-state index in [1.807, 2.05) is 42.5 Å². The molecule has 0 saturated carbocycles. The third-order valence-corrected chi connectivity index (χ3v) is 4.08. The number of nitrogens with two attached hydrogens (primary N) is 1. The number of fused-ring (bicyclic) bond motifs is 1. The molecule has 0 fully saturated rings. The summed E-state index contributed by atoms with van der Waals surface area (Å²) in [6.45, 7) is -0.174. The Morgan fingerprint density at radius 2 is 1.80 bits per heavy atom. The number of nitrogen functional groups attached to an aromatic ring is 1. The zero-order valence-corrected chi connectivity index (χ0v) is 15.8. The first-order valence-corrected chi connectivity index (χ1v) is 9.05. The highest BCUT2D eigenvalue weighted by Gasteiger charge is 2.13. The van der Waals surface area contributed by atoms with Gasteiger partial charge in [0.25, 0.3) is 5.91 Å². The Morgan fingerprint density at radius 3 is 2.67 bits per heavy atom. The predicted octanol–water partition coefficient (Wildman–Crippen LogP) is 2.92. The largest absolute Gasteiger partial charge is 0.484 e. The van der Waals surface area contributed by atoms with Crippen molar-refractivity contribution in [3.63, 3.8) is 0 Å². The number of carbonyl (C=O) groups excluding carboxylic acids is 1. The number of para-hydroxylation sites is 2. The lowest BCUT2D eigenvalue weighted by Crippen LogP contribution is -2.34. The number of amides is 1. The standard InChI is InChI=1S/C21H18N6O3/c22-18-20(27-26-17(28)12-29-15-8-2-1-3-9-15)24-13-25-21(18)30-16-10-4-6-14-7-5-11-23-19(14)16/h1-11,13H,12,22H2,(H,26,28)(H,24,25,27). The maximum absolute atomic E-state index is 12.0. The molecule has 4 N–H and O–H groups in total. The van der Waals surface area contributed by atoms with Crippen LogP contribution < -0.4 is 26.1 Å². The summed E-state index contributed by atoms with van der Waals surface area (Å²) in [7, 11) is 0. The van der Waals surface area contributed by atoms with Gasteiger partial charge in [-0.3, -0.25) is 20.6 Å². The second kappa shape index (κ2) is 8.74. The molecule has 0 aliphatic carbocycles. The first kappa shape index (κ1) is 18.9. The smallest absolute Gasteiger partial charge is 0.276 e. The summed E-state index contributed by atoms with van der Waals surface area (Å²) in [5.74, 6) is 1.03. The van der Waals surface area contributed by atoms with Crippen LogP contribution in [-0.2, 0) is 4.79 Å². The van der Waals surface area contributed by atoms with Crippen molar-refractivity contribution in [1.29, 1.82) is 0 Å². The van der Waals surface area contributed by atoms with Crippen LogP contribution in [0.1, 0.15) is 0 Å². The van der Waals surface area contributed by atoms with Gasteiger partial charge in [-0.25, -0.2) is 4.98 Å². The molecule has 0 aliphatic rings. The van der Waals surface area contributed by atoms with Crippen molar-refractivity contribution in [2.24, 2.45) is 0 Å². The van der Waals surface area contributed by atoms with Crippen molar-refractivity contribution in [3.05, 3.63) is 73.2 Å². The molecule has 0 atom stereocenters. The van der Waals surface area contributed by atoms with E-state index in [1.54, 1.807) is 24.4 Å². The maximum Gasteiger partial charge on any atom is 0.276 e. The summed E-state index contributed by atoms with van der Waals surface area (Å²) < 4.78 is 11.2. The number of benzene rings is 2. The van der Waals surface area contributed by atoms with Crippen molar-refractivity contribution in [1.82, 2.24) is 20.4 Å². The summed E-state index contributed by atoms with van der Waals surface area (Å²) in [5.41, 5.74) is 12.1. The quantitative estimate of drug-likeness (QED) is 0.403. The number of nitrogens with one attached hydrogen (secondary N) is 2. The van der Waals surface area contributed by atoms with Gasteiger partial charge < -0.3 is 15.2 Å². The van der Waals surface area contributed by atoms with Gasteiger partial charge in [0.15, 0.2) is 18.2 Å². The molecule has 4 aromatic rings. The Labute approximate surface area is 171 Å². The Morgan fingerprint density at radius 1 is 0.967 bits per heavy atom. The number of ether oxygens (including phenoxy) is 2. The summed E-state index contributed by atoms with van der Waals surface area (Å²) >= 11 is 0. The fourth-order valence-corrected chi connectivity index (χ4v) is 2.65. The molecule has 4 rings (SSSR count). The molecule has 150 valence electrons. The van der Waals surface area contributed by atoms with E-state index in [9.17, 15) is 4.79 Å². The van der Waals surface area contributed by atoms with E-state index >= 15 is 0 Å². The number of nitrogens with zero attached hydrogens (tertiary/aromatic N) is 3. The molecule has 1 amide bonds. The van der Waals surface area contributed by atoms with Gasteiger partial charge in [-0.15, -0.1) is 0 Å². The highest BCUT2D eigenvalue weighted by molar-refractivity contribution is 5.85. The van der Waals surface area contributed by atoms with E-state index in [-0.39, 0.29) is 24.0 Å². The molecule has 30 heavy (non-hydrogen) atoms. The number of pyridine rings is 1. The van der Waals surface area contributed by atoms with Crippen molar-refractivity contribution < 1.29 is 14.3 Å². The van der Waals surface area contributed by atoms with Crippen molar-refractivity contribution in [3.8, 4) is 17.4 Å². The molecule has 2 aromatic carbocycles. The van der Waals surface area contributed by atoms with Crippen LogP contribution in [0.5, 0.6) is 17.4 Å². The van der Waals surface area contributed by atoms with Gasteiger partial charge in [-0.05, 0) is 24.3 Å². The van der Waals surface area contributed by atoms with E-state index in [4.69, 9.17) is 15.2 Å². The number of carbonyl (C=O) groups is 1. The number of aromatic nitrogens is 3. The molecular weight excluding hydrogens is 384 g/mol. The van der Waals surface area contributed by atoms with Crippen LogP contribution in [-0.4, -0.2) is 27.5 Å². The minimum Gasteiger partial charge on any atom is -0.484 e. The predicted molar refractivity (Wildman–Crippen MR) is 112 cm³/mol. The summed E-state index contributed by atoms with van der Waals surface area (Å²) in [5, 5.41) is 0.923. The van der Waals surface area contributed by atoms with Crippen LogP contribution in [0.15, 0.2) is 73.2 Å². The first-order chi connectivity index (χ1) is 14.7. The van der Waals surface area contributed by atoms with Crippen LogP contribution in [0.2, 0.25) is 0 Å². The Balaban J connectivity index is 1.42. The molecule has 0 bridgehead atoms. The van der Waals surface area contributed by atoms with Gasteiger partial charge in [0.1, 0.15) is 23.3 Å². The maximum atomic E-state index is 12.0. The zero-order chi connectivity index (χ0) is 20.8. The van der Waals surface area contributed by atoms with Gasteiger partial charge in [0.05, 0.1) is 0 Å². The lowest BCUT2D eigenvalue weighted by Gasteiger charge is -2.13. The van der Waals surface area contributed by atoms with Crippen LogP contribution in [0.4, 0.5) is 11.5 Å². The minimum atomic E-state index is -0.405. The van der Waals surface area contributed by atoms with Gasteiger partial charge >= 0.3 is 0 Å². The third-order valence-electron chi connectivity index (χ3n) is 4.08. The molecule has 9 nitrogen and oxygen atoms in total. The van der Waals surface area contributed by atoms with Crippen LogP contribution >= 0.6 is 0 Å². The zero-order valence-electron chi connectivity index (χ0n) is 15.8. The summed E-state index contributed by atoms with van der Waals surface area (Å²) in [6, 6.07) is 18.3. The minimum absolute atomic E-state index is 0.134. The van der Waals surface area contributed by atoms with Crippen LogP contribution in [0, 0.1) is 0 Å². The van der Waals surface area contributed by atoms with E-state index in [0.717, 1.165) is 5.39 Å². The van der Waals surface area contributed by atoms with Crippen LogP contribution in [0.3, 0.4) is 0 Å². The SMILES string of the molecule is Nc1c(NNC(=O)COc2ccccc2)ncnc1Oc1cccc2cccnc12. The second-order valence-electron chi connectivity index (χ2n) is 6.15. The van der Waals surface area contributed by atoms with Crippen LogP contribution in [0.25, 0.3) is 10.9 Å². The molecule has 0 spiro atoms. The molecule has 0 radical (unpaired) electrons. The van der Waals surface area contributed by atoms with E-state index < -0.39 is 5.91 Å². The first-order valence-electron chi connectivity index (χ1n) is 9.05. The number of hydrazine groups is 1. The van der Waals surface area contributed by atoms with Crippen molar-refractivity contribution in [2.45, 2.75) is 0 Å². The molecule has 2 heterocycles.